The van der Waals surface area contributed by atoms with E-state index in [-0.39, 0.29) is 0 Å². The van der Waals surface area contributed by atoms with Crippen LogP contribution in [0.1, 0.15) is 66.7 Å². The molecule has 0 bridgehead atoms. The van der Waals surface area contributed by atoms with Crippen molar-refractivity contribution < 1.29 is 0 Å². The van der Waals surface area contributed by atoms with Crippen LogP contribution in [0.2, 0.25) is 0 Å². The molecule has 0 aliphatic carbocycles. The summed E-state index contributed by atoms with van der Waals surface area (Å²) in [6.07, 6.45) is 6.50. The highest BCUT2D eigenvalue weighted by Crippen LogP contribution is 2.12. The Labute approximate surface area is 116 Å². The molecule has 0 fully saturated rings. The summed E-state index contributed by atoms with van der Waals surface area (Å²) in [7, 11) is 2.22. The van der Waals surface area contributed by atoms with E-state index in [9.17, 15) is 0 Å². The minimum absolute atomic E-state index is 0.673. The van der Waals surface area contributed by atoms with Gasteiger partial charge < -0.3 is 10.2 Å². The Balaban J connectivity index is 3.56. The maximum atomic E-state index is 3.72. The van der Waals surface area contributed by atoms with Crippen molar-refractivity contribution in [1.29, 1.82) is 0 Å². The zero-order valence-electron chi connectivity index (χ0n) is 13.6. The lowest BCUT2D eigenvalue weighted by Gasteiger charge is -2.22. The average molecular weight is 256 g/mol. The maximum absolute atomic E-state index is 3.72. The molecule has 0 saturated heterocycles. The molecule has 2 unspecified atom stereocenters. The van der Waals surface area contributed by atoms with Crippen molar-refractivity contribution in [3.8, 4) is 0 Å². The maximum Gasteiger partial charge on any atom is 0.00669 e. The van der Waals surface area contributed by atoms with E-state index >= 15 is 0 Å². The van der Waals surface area contributed by atoms with Gasteiger partial charge in [-0.05, 0) is 65.6 Å². The van der Waals surface area contributed by atoms with Crippen LogP contribution in [0.4, 0.5) is 0 Å². The van der Waals surface area contributed by atoms with Gasteiger partial charge in [0.15, 0.2) is 0 Å². The van der Waals surface area contributed by atoms with Crippen LogP contribution >= 0.6 is 0 Å². The van der Waals surface area contributed by atoms with Crippen LogP contribution < -0.4 is 5.32 Å². The van der Waals surface area contributed by atoms with E-state index in [2.05, 4.69) is 51.9 Å². The molecular weight excluding hydrogens is 220 g/mol. The van der Waals surface area contributed by atoms with Crippen molar-refractivity contribution in [2.45, 2.75) is 78.8 Å². The third-order valence-corrected chi connectivity index (χ3v) is 4.13. The lowest BCUT2D eigenvalue weighted by molar-refractivity contribution is 0.266. The lowest BCUT2D eigenvalue weighted by atomic mass is 9.98. The molecule has 0 amide bonds. The summed E-state index contributed by atoms with van der Waals surface area (Å²) in [6.45, 7) is 13.9. The van der Waals surface area contributed by atoms with E-state index in [1.54, 1.807) is 0 Å². The molecule has 0 aromatic heterocycles. The zero-order valence-corrected chi connectivity index (χ0v) is 13.6. The summed E-state index contributed by atoms with van der Waals surface area (Å²) in [5, 5.41) is 3.72. The first-order chi connectivity index (χ1) is 8.51. The monoisotopic (exact) mass is 256 g/mol. The Morgan fingerprint density at radius 2 is 1.67 bits per heavy atom. The minimum atomic E-state index is 0.673. The van der Waals surface area contributed by atoms with Crippen molar-refractivity contribution in [3.63, 3.8) is 0 Å². The average Bonchev–Trinajstić information content (AvgIpc) is 2.36. The number of hydrogen-bond acceptors (Lipinski definition) is 2. The Morgan fingerprint density at radius 1 is 1.00 bits per heavy atom. The highest BCUT2D eigenvalue weighted by atomic mass is 15.1. The molecule has 0 heterocycles. The van der Waals surface area contributed by atoms with E-state index in [1.807, 2.05) is 0 Å². The largest absolute Gasteiger partial charge is 0.314 e. The second kappa shape index (κ2) is 10.8. The fourth-order valence-corrected chi connectivity index (χ4v) is 2.10. The predicted molar refractivity (Wildman–Crippen MR) is 83.2 cm³/mol. The highest BCUT2D eigenvalue weighted by Gasteiger charge is 2.09. The van der Waals surface area contributed by atoms with Gasteiger partial charge in [0.25, 0.3) is 0 Å². The van der Waals surface area contributed by atoms with Crippen molar-refractivity contribution in [1.82, 2.24) is 10.2 Å². The first kappa shape index (κ1) is 17.9. The summed E-state index contributed by atoms with van der Waals surface area (Å²) in [5.41, 5.74) is 0. The quantitative estimate of drug-likeness (QED) is 0.564. The van der Waals surface area contributed by atoms with Gasteiger partial charge in [-0.2, -0.15) is 0 Å². The van der Waals surface area contributed by atoms with Gasteiger partial charge in [0.2, 0.25) is 0 Å². The Bertz CT molecular complexity index is 180. The van der Waals surface area contributed by atoms with Gasteiger partial charge in [-0.3, -0.25) is 0 Å². The lowest BCUT2D eigenvalue weighted by Crippen LogP contribution is -2.32. The van der Waals surface area contributed by atoms with E-state index < -0.39 is 0 Å². The van der Waals surface area contributed by atoms with Crippen molar-refractivity contribution >= 4 is 0 Å². The zero-order chi connectivity index (χ0) is 14.0. The van der Waals surface area contributed by atoms with Gasteiger partial charge in [0, 0.05) is 12.1 Å². The van der Waals surface area contributed by atoms with E-state index in [0.717, 1.165) is 12.0 Å². The molecule has 0 spiro atoms. The number of rotatable bonds is 11. The number of nitrogens with one attached hydrogen (secondary N) is 1. The topological polar surface area (TPSA) is 15.3 Å². The molecule has 1 N–H and O–H groups in total. The fraction of sp³-hybridized carbons (Fsp3) is 1.00. The molecule has 0 radical (unpaired) electrons. The van der Waals surface area contributed by atoms with Crippen LogP contribution in [-0.2, 0) is 0 Å². The first-order valence-electron chi connectivity index (χ1n) is 7.94. The fourth-order valence-electron chi connectivity index (χ4n) is 2.10. The van der Waals surface area contributed by atoms with E-state index in [0.29, 0.717) is 6.04 Å². The van der Waals surface area contributed by atoms with Crippen LogP contribution in [0.25, 0.3) is 0 Å². The summed E-state index contributed by atoms with van der Waals surface area (Å²) in [4.78, 5) is 2.43. The summed E-state index contributed by atoms with van der Waals surface area (Å²) >= 11 is 0. The summed E-state index contributed by atoms with van der Waals surface area (Å²) in [5.74, 6) is 0.856. The van der Waals surface area contributed by atoms with Crippen LogP contribution in [0.3, 0.4) is 0 Å². The molecular formula is C16H36N2. The van der Waals surface area contributed by atoms with Gasteiger partial charge >= 0.3 is 0 Å². The third kappa shape index (κ3) is 8.93. The number of nitrogens with zero attached hydrogens (tertiary/aromatic N) is 1. The molecule has 0 rings (SSSR count). The third-order valence-electron chi connectivity index (χ3n) is 4.13. The molecule has 0 saturated carbocycles. The summed E-state index contributed by atoms with van der Waals surface area (Å²) in [6, 6.07) is 1.40. The first-order valence-corrected chi connectivity index (χ1v) is 7.94. The van der Waals surface area contributed by atoms with Crippen LogP contribution in [0.15, 0.2) is 0 Å². The van der Waals surface area contributed by atoms with Crippen molar-refractivity contribution in [2.24, 2.45) is 5.92 Å². The number of unbranched alkanes of at least 4 members (excludes halogenated alkanes) is 1. The Kier molecular flexibility index (Phi) is 10.8. The van der Waals surface area contributed by atoms with Crippen LogP contribution in [0.5, 0.6) is 0 Å². The second-order valence-electron chi connectivity index (χ2n) is 6.09. The molecule has 2 nitrogen and oxygen atoms in total. The van der Waals surface area contributed by atoms with Crippen molar-refractivity contribution in [3.05, 3.63) is 0 Å². The highest BCUT2D eigenvalue weighted by molar-refractivity contribution is 4.68. The molecule has 0 aromatic carbocycles. The molecule has 2 atom stereocenters. The van der Waals surface area contributed by atoms with E-state index in [4.69, 9.17) is 0 Å². The smallest absolute Gasteiger partial charge is 0.00669 e. The van der Waals surface area contributed by atoms with Crippen LogP contribution in [-0.4, -0.2) is 37.1 Å². The molecule has 110 valence electrons. The van der Waals surface area contributed by atoms with Crippen LogP contribution in [0, 0.1) is 5.92 Å². The summed E-state index contributed by atoms with van der Waals surface area (Å²) < 4.78 is 0. The van der Waals surface area contributed by atoms with Gasteiger partial charge in [-0.15, -0.1) is 0 Å². The van der Waals surface area contributed by atoms with Gasteiger partial charge in [-0.25, -0.2) is 0 Å². The number of hydrogen-bond donors (Lipinski definition) is 1. The molecule has 2 heteroatoms. The Morgan fingerprint density at radius 3 is 2.17 bits per heavy atom. The normalized spacial score (nSPS) is 15.3. The van der Waals surface area contributed by atoms with Gasteiger partial charge in [0.05, 0.1) is 0 Å². The second-order valence-corrected chi connectivity index (χ2v) is 6.09. The minimum Gasteiger partial charge on any atom is -0.314 e. The molecule has 0 aliphatic rings. The molecule has 18 heavy (non-hydrogen) atoms. The van der Waals surface area contributed by atoms with Gasteiger partial charge in [-0.1, -0.05) is 27.2 Å². The van der Waals surface area contributed by atoms with E-state index in [1.165, 1.54) is 45.2 Å². The SMILES string of the molecule is CCC(C)CC(CC)NCCCCN(C)C(C)C. The van der Waals surface area contributed by atoms with Crippen molar-refractivity contribution in [2.75, 3.05) is 20.1 Å². The van der Waals surface area contributed by atoms with Gasteiger partial charge in [0.1, 0.15) is 0 Å². The molecule has 0 aromatic rings. The predicted octanol–water partition coefficient (Wildman–Crippen LogP) is 3.91. The Hall–Kier alpha value is -0.0800. The molecule has 0 aliphatic heterocycles. The standard InChI is InChI=1S/C16H36N2/c1-7-15(5)13-16(8-2)17-11-9-10-12-18(6)14(3)4/h14-17H,7-13H2,1-6H3.